The zero-order chi connectivity index (χ0) is 24.6. The number of likely N-dealkylation sites (N-methyl/N-ethyl adjacent to an activating group) is 1. The van der Waals surface area contributed by atoms with E-state index in [2.05, 4.69) is 0 Å². The fourth-order valence-electron chi connectivity index (χ4n) is 3.50. The third kappa shape index (κ3) is 4.79. The van der Waals surface area contributed by atoms with E-state index in [1.807, 2.05) is 19.0 Å². The number of benzene rings is 2. The summed E-state index contributed by atoms with van der Waals surface area (Å²) in [4.78, 5) is 17.9. The Morgan fingerprint density at radius 1 is 1.12 bits per heavy atom. The number of nitriles is 1. The molecule has 0 aliphatic carbocycles. The minimum absolute atomic E-state index is 0.0455. The first-order chi connectivity index (χ1) is 15.4. The van der Waals surface area contributed by atoms with Gasteiger partial charge in [-0.3, -0.25) is 9.69 Å². The number of carbonyl (C=O) groups is 1. The van der Waals surface area contributed by atoms with E-state index in [4.69, 9.17) is 22.2 Å². The van der Waals surface area contributed by atoms with E-state index in [0.717, 1.165) is 23.6 Å². The van der Waals surface area contributed by atoms with Gasteiger partial charge in [0.25, 0.3) is 5.91 Å². The molecule has 0 spiro atoms. The largest absolute Gasteiger partial charge is 0.492 e. The van der Waals surface area contributed by atoms with Crippen LogP contribution in [0.2, 0.25) is 0 Å². The fourth-order valence-corrected chi connectivity index (χ4v) is 4.02. The van der Waals surface area contributed by atoms with Crippen LogP contribution in [0.4, 0.5) is 24.5 Å². The molecular formula is C23H23F3N4O2S. The Labute approximate surface area is 195 Å². The molecule has 1 aliphatic rings. The van der Waals surface area contributed by atoms with Crippen molar-refractivity contribution in [3.05, 3.63) is 53.6 Å². The van der Waals surface area contributed by atoms with Gasteiger partial charge >= 0.3 is 6.18 Å². The molecule has 0 unspecified atom stereocenters. The number of halogens is 3. The van der Waals surface area contributed by atoms with Crippen molar-refractivity contribution in [3.63, 3.8) is 0 Å². The predicted octanol–water partition coefficient (Wildman–Crippen LogP) is 4.43. The average molecular weight is 477 g/mol. The van der Waals surface area contributed by atoms with Crippen molar-refractivity contribution in [1.82, 2.24) is 4.90 Å². The molecule has 1 aliphatic heterocycles. The summed E-state index contributed by atoms with van der Waals surface area (Å²) in [6.07, 6.45) is -4.75. The SMILES string of the molecule is CN(C)CCOc1ccc(N2C(=S)N(c3ccc(C#N)c(C(F)(F)F)c3)C(=O)C2(C)C)cc1. The molecule has 3 rings (SSSR count). The van der Waals surface area contributed by atoms with Gasteiger partial charge in [-0.05, 0) is 82.6 Å². The average Bonchev–Trinajstić information content (AvgIpc) is 2.91. The van der Waals surface area contributed by atoms with Crippen LogP contribution < -0.4 is 14.5 Å². The van der Waals surface area contributed by atoms with Gasteiger partial charge in [0.2, 0.25) is 0 Å². The topological polar surface area (TPSA) is 59.8 Å². The monoisotopic (exact) mass is 476 g/mol. The van der Waals surface area contributed by atoms with Gasteiger partial charge < -0.3 is 14.5 Å². The number of anilines is 2. The van der Waals surface area contributed by atoms with Crippen LogP contribution in [0.1, 0.15) is 25.0 Å². The molecule has 0 atom stereocenters. The van der Waals surface area contributed by atoms with Gasteiger partial charge in [-0.2, -0.15) is 18.4 Å². The number of rotatable bonds is 6. The van der Waals surface area contributed by atoms with Gasteiger partial charge in [-0.1, -0.05) is 0 Å². The zero-order valence-electron chi connectivity index (χ0n) is 18.6. The van der Waals surface area contributed by atoms with Crippen LogP contribution >= 0.6 is 12.2 Å². The molecule has 2 aromatic rings. The van der Waals surface area contributed by atoms with E-state index in [0.29, 0.717) is 18.0 Å². The van der Waals surface area contributed by atoms with Crippen LogP contribution in [0.5, 0.6) is 5.75 Å². The summed E-state index contributed by atoms with van der Waals surface area (Å²) in [5, 5.41) is 9.09. The Bertz CT molecular complexity index is 1110. The highest BCUT2D eigenvalue weighted by atomic mass is 32.1. The van der Waals surface area contributed by atoms with E-state index in [1.165, 1.54) is 12.1 Å². The van der Waals surface area contributed by atoms with Crippen LogP contribution in [0.25, 0.3) is 0 Å². The second-order valence-electron chi connectivity index (χ2n) is 8.30. The lowest BCUT2D eigenvalue weighted by Crippen LogP contribution is -2.44. The first-order valence-electron chi connectivity index (χ1n) is 10.1. The number of nitrogens with zero attached hydrogens (tertiary/aromatic N) is 4. The molecular weight excluding hydrogens is 453 g/mol. The van der Waals surface area contributed by atoms with Crippen molar-refractivity contribution < 1.29 is 22.7 Å². The third-order valence-corrected chi connectivity index (χ3v) is 5.62. The minimum Gasteiger partial charge on any atom is -0.492 e. The molecule has 0 N–H and O–H groups in total. The van der Waals surface area contributed by atoms with Crippen molar-refractivity contribution in [2.24, 2.45) is 0 Å². The van der Waals surface area contributed by atoms with Gasteiger partial charge in [0, 0.05) is 12.2 Å². The summed E-state index contributed by atoms with van der Waals surface area (Å²) in [7, 11) is 3.88. The Kier molecular flexibility index (Phi) is 6.68. The van der Waals surface area contributed by atoms with Crippen LogP contribution in [0.3, 0.4) is 0 Å². The number of amides is 1. The highest BCUT2D eigenvalue weighted by Crippen LogP contribution is 2.39. The van der Waals surface area contributed by atoms with E-state index in [-0.39, 0.29) is 10.8 Å². The van der Waals surface area contributed by atoms with Gasteiger partial charge in [0.1, 0.15) is 17.9 Å². The quantitative estimate of drug-likeness (QED) is 0.575. The van der Waals surface area contributed by atoms with Gasteiger partial charge in [0.15, 0.2) is 5.11 Å². The standard InChI is InChI=1S/C23H23F3N4O2S/c1-22(2)20(31)29(17-6-5-15(14-27)19(13-17)23(24,25)26)21(33)30(22)16-7-9-18(10-8-16)32-12-11-28(3)4/h5-10,13H,11-12H2,1-4H3. The van der Waals surface area contributed by atoms with E-state index >= 15 is 0 Å². The molecule has 0 aromatic heterocycles. The minimum atomic E-state index is -4.75. The van der Waals surface area contributed by atoms with E-state index in [1.54, 1.807) is 43.0 Å². The summed E-state index contributed by atoms with van der Waals surface area (Å²) < 4.78 is 46.0. The van der Waals surface area contributed by atoms with Crippen LogP contribution in [-0.4, -0.2) is 48.7 Å². The van der Waals surface area contributed by atoms with Crippen molar-refractivity contribution >= 4 is 34.6 Å². The summed E-state index contributed by atoms with van der Waals surface area (Å²) >= 11 is 5.53. The molecule has 1 heterocycles. The number of alkyl halides is 3. The van der Waals surface area contributed by atoms with Crippen LogP contribution in [0, 0.1) is 11.3 Å². The van der Waals surface area contributed by atoms with E-state index in [9.17, 15) is 18.0 Å². The van der Waals surface area contributed by atoms with Crippen LogP contribution in [-0.2, 0) is 11.0 Å². The van der Waals surface area contributed by atoms with Gasteiger partial charge in [-0.25, -0.2) is 0 Å². The normalized spacial score (nSPS) is 15.8. The second-order valence-corrected chi connectivity index (χ2v) is 8.67. The van der Waals surface area contributed by atoms with Gasteiger partial charge in [-0.15, -0.1) is 0 Å². The molecule has 0 bridgehead atoms. The number of ether oxygens (including phenoxy) is 1. The maximum atomic E-state index is 13.4. The summed E-state index contributed by atoms with van der Waals surface area (Å²) in [5.41, 5.74) is -2.23. The molecule has 1 saturated heterocycles. The first kappa shape index (κ1) is 24.5. The van der Waals surface area contributed by atoms with E-state index < -0.39 is 28.7 Å². The molecule has 33 heavy (non-hydrogen) atoms. The maximum absolute atomic E-state index is 13.4. The molecule has 6 nitrogen and oxygen atoms in total. The predicted molar refractivity (Wildman–Crippen MR) is 123 cm³/mol. The molecule has 1 fully saturated rings. The Balaban J connectivity index is 1.93. The van der Waals surface area contributed by atoms with Crippen molar-refractivity contribution in [1.29, 1.82) is 5.26 Å². The lowest BCUT2D eigenvalue weighted by Gasteiger charge is -2.29. The molecule has 2 aromatic carbocycles. The molecule has 10 heteroatoms. The number of thiocarbonyl (C=S) groups is 1. The number of carbonyl (C=O) groups excluding carboxylic acids is 1. The molecule has 0 radical (unpaired) electrons. The summed E-state index contributed by atoms with van der Waals surface area (Å²) in [6, 6.07) is 11.6. The Morgan fingerprint density at radius 2 is 1.73 bits per heavy atom. The molecule has 0 saturated carbocycles. The third-order valence-electron chi connectivity index (χ3n) is 5.26. The van der Waals surface area contributed by atoms with Crippen molar-refractivity contribution in [2.45, 2.75) is 25.6 Å². The number of hydrogen-bond acceptors (Lipinski definition) is 5. The van der Waals surface area contributed by atoms with Gasteiger partial charge in [0.05, 0.1) is 22.9 Å². The Morgan fingerprint density at radius 3 is 2.27 bits per heavy atom. The maximum Gasteiger partial charge on any atom is 0.417 e. The lowest BCUT2D eigenvalue weighted by molar-refractivity contribution is -0.137. The highest BCUT2D eigenvalue weighted by Gasteiger charge is 2.50. The summed E-state index contributed by atoms with van der Waals surface area (Å²) in [6.45, 7) is 4.56. The van der Waals surface area contributed by atoms with Crippen molar-refractivity contribution in [2.75, 3.05) is 37.0 Å². The second kappa shape index (κ2) is 9.00. The smallest absolute Gasteiger partial charge is 0.417 e. The highest BCUT2D eigenvalue weighted by molar-refractivity contribution is 7.81. The van der Waals surface area contributed by atoms with Crippen LogP contribution in [0.15, 0.2) is 42.5 Å². The van der Waals surface area contributed by atoms with Crippen molar-refractivity contribution in [3.8, 4) is 11.8 Å². The number of hydrogen-bond donors (Lipinski definition) is 0. The fraction of sp³-hybridized carbons (Fsp3) is 0.348. The Hall–Kier alpha value is -3.16. The molecule has 174 valence electrons. The molecule has 1 amide bonds. The zero-order valence-corrected chi connectivity index (χ0v) is 19.4. The summed E-state index contributed by atoms with van der Waals surface area (Å²) in [5.74, 6) is 0.172. The first-order valence-corrected chi connectivity index (χ1v) is 10.5. The lowest BCUT2D eigenvalue weighted by atomic mass is 10.0.